The number of carbonyl (C=O) groups is 2. The molecule has 1 N–H and O–H groups in total. The first kappa shape index (κ1) is 20.4. The lowest BCUT2D eigenvalue weighted by molar-refractivity contribution is -0.146. The Balaban J connectivity index is 1.38. The molecule has 0 unspecified atom stereocenters. The van der Waals surface area contributed by atoms with Gasteiger partial charge in [-0.1, -0.05) is 36.4 Å². The maximum Gasteiger partial charge on any atom is 0.311 e. The zero-order chi connectivity index (χ0) is 21.1. The number of amides is 2. The van der Waals surface area contributed by atoms with Gasteiger partial charge in [-0.15, -0.1) is 0 Å². The Morgan fingerprint density at radius 1 is 0.967 bits per heavy atom. The average Bonchev–Trinajstić information content (AvgIpc) is 3.26. The molecule has 156 valence electrons. The maximum atomic E-state index is 13.0. The monoisotopic (exact) mass is 445 g/mol. The van der Waals surface area contributed by atoms with E-state index in [9.17, 15) is 18.0 Å². The molecule has 2 aromatic carbocycles. The molecule has 1 fully saturated rings. The van der Waals surface area contributed by atoms with Gasteiger partial charge in [0.05, 0.1) is 11.7 Å². The SMILES string of the molecule is O=C(NCc1ccccc1)C(=O)N1CCN(S(=O)(=O)c2cccc3nsnc23)CC1. The van der Waals surface area contributed by atoms with Crippen molar-refractivity contribution in [2.75, 3.05) is 26.2 Å². The lowest BCUT2D eigenvalue weighted by atomic mass is 10.2. The molecule has 9 nitrogen and oxygen atoms in total. The molecule has 1 saturated heterocycles. The van der Waals surface area contributed by atoms with Gasteiger partial charge in [-0.05, 0) is 17.7 Å². The number of piperazine rings is 1. The fraction of sp³-hybridized carbons (Fsp3) is 0.263. The number of carbonyl (C=O) groups excluding carboxylic acids is 2. The summed E-state index contributed by atoms with van der Waals surface area (Å²) in [6.07, 6.45) is 0. The minimum atomic E-state index is -3.78. The van der Waals surface area contributed by atoms with Crippen LogP contribution in [0.25, 0.3) is 11.0 Å². The van der Waals surface area contributed by atoms with Gasteiger partial charge in [0, 0.05) is 32.7 Å². The van der Waals surface area contributed by atoms with Gasteiger partial charge in [-0.3, -0.25) is 9.59 Å². The number of nitrogens with one attached hydrogen (secondary N) is 1. The predicted octanol–water partition coefficient (Wildman–Crippen LogP) is 0.841. The fourth-order valence-corrected chi connectivity index (χ4v) is 5.43. The first-order chi connectivity index (χ1) is 14.5. The summed E-state index contributed by atoms with van der Waals surface area (Å²) in [6, 6.07) is 14.1. The largest absolute Gasteiger partial charge is 0.344 e. The first-order valence-electron chi connectivity index (χ1n) is 9.29. The van der Waals surface area contributed by atoms with Crippen molar-refractivity contribution in [1.29, 1.82) is 0 Å². The molecule has 0 saturated carbocycles. The molecule has 30 heavy (non-hydrogen) atoms. The van der Waals surface area contributed by atoms with Crippen LogP contribution in [0.3, 0.4) is 0 Å². The van der Waals surface area contributed by atoms with Crippen molar-refractivity contribution in [3.8, 4) is 0 Å². The first-order valence-corrected chi connectivity index (χ1v) is 11.5. The van der Waals surface area contributed by atoms with Crippen molar-refractivity contribution >= 4 is 44.6 Å². The van der Waals surface area contributed by atoms with E-state index >= 15 is 0 Å². The van der Waals surface area contributed by atoms with Crippen LogP contribution < -0.4 is 5.32 Å². The van der Waals surface area contributed by atoms with Gasteiger partial charge < -0.3 is 10.2 Å². The number of hydrogen-bond donors (Lipinski definition) is 1. The van der Waals surface area contributed by atoms with E-state index in [1.807, 2.05) is 30.3 Å². The number of aromatic nitrogens is 2. The number of benzene rings is 2. The van der Waals surface area contributed by atoms with Crippen LogP contribution in [-0.4, -0.2) is 64.4 Å². The number of fused-ring (bicyclic) bond motifs is 1. The molecule has 0 radical (unpaired) electrons. The minimum absolute atomic E-state index is 0.105. The second-order valence-electron chi connectivity index (χ2n) is 6.75. The number of rotatable bonds is 4. The molecule has 11 heteroatoms. The summed E-state index contributed by atoms with van der Waals surface area (Å²) in [7, 11) is -3.78. The van der Waals surface area contributed by atoms with Crippen LogP contribution in [0.15, 0.2) is 53.4 Å². The summed E-state index contributed by atoms with van der Waals surface area (Å²) in [4.78, 5) is 26.1. The molecule has 0 aliphatic carbocycles. The molecule has 1 aliphatic rings. The molecule has 2 amide bonds. The molecule has 0 atom stereocenters. The standard InChI is InChI=1S/C19H19N5O4S2/c25-18(20-13-14-5-2-1-3-6-14)19(26)23-9-11-24(12-10-23)30(27,28)16-8-4-7-15-17(16)22-29-21-15/h1-8H,9-13H2,(H,20,25). The molecule has 3 aromatic rings. The van der Waals surface area contributed by atoms with Crippen LogP contribution in [0.4, 0.5) is 0 Å². The predicted molar refractivity (Wildman–Crippen MR) is 111 cm³/mol. The van der Waals surface area contributed by atoms with Gasteiger partial charge in [0.15, 0.2) is 0 Å². The molecule has 1 aromatic heterocycles. The summed E-state index contributed by atoms with van der Waals surface area (Å²) in [5.74, 6) is -1.36. The Morgan fingerprint density at radius 3 is 2.43 bits per heavy atom. The van der Waals surface area contributed by atoms with E-state index in [1.165, 1.54) is 15.3 Å². The molecule has 1 aliphatic heterocycles. The summed E-state index contributed by atoms with van der Waals surface area (Å²) in [5.41, 5.74) is 1.77. The highest BCUT2D eigenvalue weighted by Gasteiger charge is 2.33. The summed E-state index contributed by atoms with van der Waals surface area (Å²) in [6.45, 7) is 0.748. The van der Waals surface area contributed by atoms with Gasteiger partial charge in [-0.25, -0.2) is 8.42 Å². The van der Waals surface area contributed by atoms with Crippen LogP contribution in [0.5, 0.6) is 0 Å². The third kappa shape index (κ3) is 4.04. The number of hydrogen-bond acceptors (Lipinski definition) is 7. The Morgan fingerprint density at radius 2 is 1.70 bits per heavy atom. The second-order valence-corrected chi connectivity index (χ2v) is 9.19. The summed E-state index contributed by atoms with van der Waals surface area (Å²) < 4.78 is 35.6. The van der Waals surface area contributed by atoms with E-state index in [2.05, 4.69) is 14.1 Å². The van der Waals surface area contributed by atoms with Gasteiger partial charge >= 0.3 is 11.8 Å². The van der Waals surface area contributed by atoms with Gasteiger partial charge in [0.1, 0.15) is 15.9 Å². The van der Waals surface area contributed by atoms with E-state index in [-0.39, 0.29) is 37.6 Å². The fourth-order valence-electron chi connectivity index (χ4n) is 3.26. The van der Waals surface area contributed by atoms with Crippen molar-refractivity contribution in [2.45, 2.75) is 11.4 Å². The van der Waals surface area contributed by atoms with E-state index in [0.29, 0.717) is 11.0 Å². The van der Waals surface area contributed by atoms with Gasteiger partial charge in [-0.2, -0.15) is 13.1 Å². The number of sulfonamides is 1. The summed E-state index contributed by atoms with van der Waals surface area (Å²) in [5, 5.41) is 2.60. The average molecular weight is 446 g/mol. The van der Waals surface area contributed by atoms with E-state index < -0.39 is 21.8 Å². The molecule has 0 bridgehead atoms. The van der Waals surface area contributed by atoms with Crippen LogP contribution in [-0.2, 0) is 26.2 Å². The van der Waals surface area contributed by atoms with Crippen molar-refractivity contribution in [2.24, 2.45) is 0 Å². The van der Waals surface area contributed by atoms with Gasteiger partial charge in [0.2, 0.25) is 10.0 Å². The van der Waals surface area contributed by atoms with Crippen LogP contribution in [0.2, 0.25) is 0 Å². The highest BCUT2D eigenvalue weighted by Crippen LogP contribution is 2.25. The zero-order valence-electron chi connectivity index (χ0n) is 15.9. The quantitative estimate of drug-likeness (QED) is 0.596. The lowest BCUT2D eigenvalue weighted by Crippen LogP contribution is -2.53. The van der Waals surface area contributed by atoms with Crippen LogP contribution in [0.1, 0.15) is 5.56 Å². The van der Waals surface area contributed by atoms with Crippen molar-refractivity contribution in [1.82, 2.24) is 23.3 Å². The molecule has 4 rings (SSSR count). The highest BCUT2D eigenvalue weighted by molar-refractivity contribution is 7.89. The van der Waals surface area contributed by atoms with E-state index in [1.54, 1.807) is 12.1 Å². The Kier molecular flexibility index (Phi) is 5.75. The Hall–Kier alpha value is -2.89. The van der Waals surface area contributed by atoms with Crippen molar-refractivity contribution < 1.29 is 18.0 Å². The lowest BCUT2D eigenvalue weighted by Gasteiger charge is -2.33. The Bertz CT molecular complexity index is 1170. The summed E-state index contributed by atoms with van der Waals surface area (Å²) >= 11 is 0.960. The molecule has 2 heterocycles. The minimum Gasteiger partial charge on any atom is -0.344 e. The van der Waals surface area contributed by atoms with Crippen LogP contribution >= 0.6 is 11.7 Å². The number of nitrogens with zero attached hydrogens (tertiary/aromatic N) is 4. The normalized spacial score (nSPS) is 15.3. The van der Waals surface area contributed by atoms with Crippen molar-refractivity contribution in [3.05, 3.63) is 54.1 Å². The van der Waals surface area contributed by atoms with E-state index in [0.717, 1.165) is 17.3 Å². The third-order valence-electron chi connectivity index (χ3n) is 4.88. The third-order valence-corrected chi connectivity index (χ3v) is 7.36. The molecule has 0 spiro atoms. The smallest absolute Gasteiger partial charge is 0.311 e. The topological polar surface area (TPSA) is 113 Å². The van der Waals surface area contributed by atoms with Crippen LogP contribution in [0, 0.1) is 0 Å². The second kappa shape index (κ2) is 8.46. The van der Waals surface area contributed by atoms with E-state index in [4.69, 9.17) is 0 Å². The maximum absolute atomic E-state index is 13.0. The molecular weight excluding hydrogens is 426 g/mol. The van der Waals surface area contributed by atoms with Gasteiger partial charge in [0.25, 0.3) is 0 Å². The zero-order valence-corrected chi connectivity index (χ0v) is 17.5. The van der Waals surface area contributed by atoms with Crippen molar-refractivity contribution in [3.63, 3.8) is 0 Å². The molecular formula is C19H19N5O4S2. The Labute approximate surface area is 177 Å². The highest BCUT2D eigenvalue weighted by atomic mass is 32.2.